The summed E-state index contributed by atoms with van der Waals surface area (Å²) < 4.78 is 5.20. The maximum atomic E-state index is 12.0. The van der Waals surface area contributed by atoms with Crippen LogP contribution in [0.25, 0.3) is 0 Å². The van der Waals surface area contributed by atoms with E-state index in [9.17, 15) is 4.79 Å². The van der Waals surface area contributed by atoms with Crippen LogP contribution in [0.1, 0.15) is 11.1 Å². The van der Waals surface area contributed by atoms with Gasteiger partial charge in [-0.3, -0.25) is 5.41 Å². The van der Waals surface area contributed by atoms with Gasteiger partial charge in [0.15, 0.2) is 0 Å². The van der Waals surface area contributed by atoms with Crippen LogP contribution in [-0.2, 0) is 17.9 Å². The first-order valence-corrected chi connectivity index (χ1v) is 6.54. The van der Waals surface area contributed by atoms with Gasteiger partial charge >= 0.3 is 6.09 Å². The third-order valence-electron chi connectivity index (χ3n) is 2.98. The van der Waals surface area contributed by atoms with E-state index < -0.39 is 6.09 Å². The zero-order valence-electron chi connectivity index (χ0n) is 11.5. The van der Waals surface area contributed by atoms with E-state index in [1.807, 2.05) is 42.5 Å². The fraction of sp³-hybridized carbons (Fsp3) is 0.125. The summed E-state index contributed by atoms with van der Waals surface area (Å²) in [6, 6.07) is 16.5. The molecule has 0 aliphatic carbocycles. The van der Waals surface area contributed by atoms with Gasteiger partial charge in [-0.25, -0.2) is 9.69 Å². The van der Waals surface area contributed by atoms with E-state index >= 15 is 0 Å². The number of nitrogens with zero attached hydrogens (tertiary/aromatic N) is 1. The molecule has 108 valence electrons. The number of ether oxygens (including phenoxy) is 1. The molecule has 0 unspecified atom stereocenters. The summed E-state index contributed by atoms with van der Waals surface area (Å²) in [6.45, 7) is 0.605. The van der Waals surface area contributed by atoms with E-state index in [1.165, 1.54) is 0 Å². The highest BCUT2D eigenvalue weighted by atomic mass is 16.6. The Morgan fingerprint density at radius 2 is 1.76 bits per heavy atom. The van der Waals surface area contributed by atoms with Crippen LogP contribution in [0.15, 0.2) is 54.6 Å². The van der Waals surface area contributed by atoms with Crippen molar-refractivity contribution in [2.24, 2.45) is 5.73 Å². The second-order valence-corrected chi connectivity index (χ2v) is 4.41. The molecule has 0 fully saturated rings. The Kier molecular flexibility index (Phi) is 5.06. The quantitative estimate of drug-likeness (QED) is 0.654. The molecule has 0 heterocycles. The number of rotatable bonds is 5. The minimum absolute atomic E-state index is 0.172. The number of hydrogen-bond donors (Lipinski definition) is 2. The van der Waals surface area contributed by atoms with Gasteiger partial charge in [0.1, 0.15) is 6.61 Å². The van der Waals surface area contributed by atoms with Crippen molar-refractivity contribution >= 4 is 18.1 Å². The topological polar surface area (TPSA) is 79.4 Å². The van der Waals surface area contributed by atoms with Gasteiger partial charge in [-0.1, -0.05) is 42.5 Å². The van der Waals surface area contributed by atoms with E-state index in [4.69, 9.17) is 15.9 Å². The lowest BCUT2D eigenvalue weighted by Gasteiger charge is -2.17. The number of carbonyl (C=O) groups excluding carboxylic acids is 1. The van der Waals surface area contributed by atoms with E-state index in [0.717, 1.165) is 22.4 Å². The molecule has 0 saturated heterocycles. The summed E-state index contributed by atoms with van der Waals surface area (Å²) in [6.07, 6.45) is 0.347. The van der Waals surface area contributed by atoms with Gasteiger partial charge in [-0.2, -0.15) is 0 Å². The molecule has 0 radical (unpaired) electrons. The normalized spacial score (nSPS) is 9.95. The highest BCUT2D eigenvalue weighted by Gasteiger charge is 2.15. The van der Waals surface area contributed by atoms with Crippen LogP contribution in [-0.4, -0.2) is 12.4 Å². The zero-order valence-corrected chi connectivity index (χ0v) is 11.5. The number of anilines is 1. The largest absolute Gasteiger partial charge is 0.444 e. The van der Waals surface area contributed by atoms with Crippen molar-refractivity contribution < 1.29 is 9.53 Å². The number of nitrogens with one attached hydrogen (secondary N) is 1. The number of benzene rings is 2. The van der Waals surface area contributed by atoms with Crippen LogP contribution < -0.4 is 10.6 Å². The SMILES string of the molecule is N=CN(C(=O)OCc1ccccc1)c1ccc(CN)cc1. The molecule has 21 heavy (non-hydrogen) atoms. The minimum atomic E-state index is -0.589. The van der Waals surface area contributed by atoms with Gasteiger partial charge < -0.3 is 10.5 Å². The summed E-state index contributed by atoms with van der Waals surface area (Å²) in [5.74, 6) is 0. The Bertz CT molecular complexity index is 597. The molecule has 0 aliphatic rings. The Labute approximate surface area is 123 Å². The molecule has 5 heteroatoms. The first-order chi connectivity index (χ1) is 10.2. The first kappa shape index (κ1) is 14.7. The van der Waals surface area contributed by atoms with Crippen LogP contribution in [0.2, 0.25) is 0 Å². The third kappa shape index (κ3) is 3.90. The fourth-order valence-corrected chi connectivity index (χ4v) is 1.81. The van der Waals surface area contributed by atoms with Crippen molar-refractivity contribution in [2.75, 3.05) is 4.90 Å². The number of amides is 1. The smallest absolute Gasteiger partial charge is 0.420 e. The number of nitrogens with two attached hydrogens (primary N) is 1. The van der Waals surface area contributed by atoms with Gasteiger partial charge in [0.25, 0.3) is 0 Å². The summed E-state index contributed by atoms with van der Waals surface area (Å²) in [7, 11) is 0. The van der Waals surface area contributed by atoms with Crippen molar-refractivity contribution in [3.63, 3.8) is 0 Å². The standard InChI is InChI=1S/C16H17N3O2/c17-10-13-6-8-15(9-7-13)19(12-18)16(20)21-11-14-4-2-1-3-5-14/h1-9,12,18H,10-11,17H2. The molecule has 2 aromatic carbocycles. The van der Waals surface area contributed by atoms with Gasteiger partial charge in [0.2, 0.25) is 0 Å². The van der Waals surface area contributed by atoms with Crippen LogP contribution >= 0.6 is 0 Å². The molecule has 2 rings (SSSR count). The van der Waals surface area contributed by atoms with Crippen molar-refractivity contribution in [1.29, 1.82) is 5.41 Å². The summed E-state index contributed by atoms with van der Waals surface area (Å²) >= 11 is 0. The van der Waals surface area contributed by atoms with E-state index in [1.54, 1.807) is 12.1 Å². The monoisotopic (exact) mass is 283 g/mol. The van der Waals surface area contributed by atoms with Crippen LogP contribution in [0.5, 0.6) is 0 Å². The predicted octanol–water partition coefficient (Wildman–Crippen LogP) is 2.90. The van der Waals surface area contributed by atoms with E-state index in [-0.39, 0.29) is 6.61 Å². The molecule has 0 spiro atoms. The van der Waals surface area contributed by atoms with Crippen LogP contribution in [0.4, 0.5) is 10.5 Å². The Balaban J connectivity index is 2.02. The van der Waals surface area contributed by atoms with Crippen LogP contribution in [0, 0.1) is 5.41 Å². The molecule has 0 aliphatic heterocycles. The Morgan fingerprint density at radius 1 is 1.10 bits per heavy atom. The zero-order chi connectivity index (χ0) is 15.1. The van der Waals surface area contributed by atoms with E-state index in [2.05, 4.69) is 0 Å². The first-order valence-electron chi connectivity index (χ1n) is 6.54. The highest BCUT2D eigenvalue weighted by Crippen LogP contribution is 2.15. The molecule has 1 amide bonds. The van der Waals surface area contributed by atoms with Gasteiger partial charge in [-0.05, 0) is 23.3 Å². The predicted molar refractivity (Wildman–Crippen MR) is 82.2 cm³/mol. The summed E-state index contributed by atoms with van der Waals surface area (Å²) in [4.78, 5) is 13.2. The maximum absolute atomic E-state index is 12.0. The fourth-order valence-electron chi connectivity index (χ4n) is 1.81. The van der Waals surface area contributed by atoms with E-state index in [0.29, 0.717) is 12.2 Å². The average Bonchev–Trinajstić information content (AvgIpc) is 2.55. The molecular formula is C16H17N3O2. The molecule has 3 N–H and O–H groups in total. The third-order valence-corrected chi connectivity index (χ3v) is 2.98. The maximum Gasteiger partial charge on any atom is 0.420 e. The Hall–Kier alpha value is -2.66. The Morgan fingerprint density at radius 3 is 2.33 bits per heavy atom. The minimum Gasteiger partial charge on any atom is -0.444 e. The molecule has 5 nitrogen and oxygen atoms in total. The molecule has 0 bridgehead atoms. The summed E-state index contributed by atoms with van der Waals surface area (Å²) in [5.41, 5.74) is 7.96. The molecule has 2 aromatic rings. The second kappa shape index (κ2) is 7.21. The van der Waals surface area contributed by atoms with Crippen molar-refractivity contribution in [3.8, 4) is 0 Å². The van der Waals surface area contributed by atoms with Gasteiger partial charge in [-0.15, -0.1) is 0 Å². The molecular weight excluding hydrogens is 266 g/mol. The number of carbonyl (C=O) groups is 1. The lowest BCUT2D eigenvalue weighted by atomic mass is 10.2. The summed E-state index contributed by atoms with van der Waals surface area (Å²) in [5, 5.41) is 7.38. The van der Waals surface area contributed by atoms with Gasteiger partial charge in [0.05, 0.1) is 12.0 Å². The lowest BCUT2D eigenvalue weighted by Crippen LogP contribution is -2.29. The second-order valence-electron chi connectivity index (χ2n) is 4.41. The average molecular weight is 283 g/mol. The molecule has 0 saturated carbocycles. The van der Waals surface area contributed by atoms with Crippen molar-refractivity contribution in [1.82, 2.24) is 0 Å². The number of hydrogen-bond acceptors (Lipinski definition) is 4. The molecule has 0 atom stereocenters. The highest BCUT2D eigenvalue weighted by molar-refractivity contribution is 6.03. The van der Waals surface area contributed by atoms with Crippen molar-refractivity contribution in [3.05, 3.63) is 65.7 Å². The molecule has 0 aromatic heterocycles. The van der Waals surface area contributed by atoms with Crippen molar-refractivity contribution in [2.45, 2.75) is 13.2 Å². The lowest BCUT2D eigenvalue weighted by molar-refractivity contribution is 0.151. The van der Waals surface area contributed by atoms with Gasteiger partial charge in [0, 0.05) is 6.54 Å². The van der Waals surface area contributed by atoms with Crippen LogP contribution in [0.3, 0.4) is 0 Å².